The number of ether oxygens (including phenoxy) is 2. The first kappa shape index (κ1) is 19.9. The lowest BCUT2D eigenvalue weighted by Crippen LogP contribution is -2.52. The molecule has 0 fully saturated rings. The SMILES string of the molecule is COCC(C)(C)[C@H](NC(=O)OCC1c2ccccc2-c2ccccc21)C(=O)O. The zero-order valence-corrected chi connectivity index (χ0v) is 16.3. The third-order valence-corrected chi connectivity index (χ3v) is 5.15. The zero-order valence-electron chi connectivity index (χ0n) is 16.3. The summed E-state index contributed by atoms with van der Waals surface area (Å²) in [5.74, 6) is -1.20. The Morgan fingerprint density at radius 2 is 1.61 bits per heavy atom. The first-order valence-electron chi connectivity index (χ1n) is 9.18. The average molecular weight is 383 g/mol. The van der Waals surface area contributed by atoms with Crippen molar-refractivity contribution in [1.82, 2.24) is 5.32 Å². The minimum atomic E-state index is -1.13. The van der Waals surface area contributed by atoms with Crippen LogP contribution in [0.1, 0.15) is 30.9 Å². The molecule has 1 atom stereocenters. The minimum absolute atomic E-state index is 0.0755. The number of aliphatic carboxylic acids is 1. The third kappa shape index (κ3) is 3.87. The fraction of sp³-hybridized carbons (Fsp3) is 0.364. The van der Waals surface area contributed by atoms with Gasteiger partial charge in [0.25, 0.3) is 0 Å². The lowest BCUT2D eigenvalue weighted by molar-refractivity contribution is -0.143. The number of hydrogen-bond donors (Lipinski definition) is 2. The van der Waals surface area contributed by atoms with Crippen molar-refractivity contribution in [3.63, 3.8) is 0 Å². The standard InChI is InChI=1S/C22H25NO5/c1-22(2,13-27-3)19(20(24)25)23-21(26)28-12-18-16-10-6-4-8-14(16)15-9-5-7-11-17(15)18/h4-11,18-19H,12-13H2,1-3H3,(H,23,26)(H,24,25)/t19-/m1/s1. The number of hydrogen-bond acceptors (Lipinski definition) is 4. The van der Waals surface area contributed by atoms with Gasteiger partial charge in [-0.15, -0.1) is 0 Å². The van der Waals surface area contributed by atoms with E-state index >= 15 is 0 Å². The second-order valence-corrected chi connectivity index (χ2v) is 7.66. The summed E-state index contributed by atoms with van der Waals surface area (Å²) in [6, 6.07) is 15.0. The lowest BCUT2D eigenvalue weighted by Gasteiger charge is -2.30. The van der Waals surface area contributed by atoms with E-state index in [0.717, 1.165) is 22.3 Å². The Morgan fingerprint density at radius 1 is 1.07 bits per heavy atom. The summed E-state index contributed by atoms with van der Waals surface area (Å²) in [5, 5.41) is 12.0. The lowest BCUT2D eigenvalue weighted by atomic mass is 9.85. The molecule has 2 aromatic carbocycles. The molecule has 6 heteroatoms. The highest BCUT2D eigenvalue weighted by atomic mass is 16.5. The highest BCUT2D eigenvalue weighted by molar-refractivity contribution is 5.81. The second kappa shape index (κ2) is 8.02. The van der Waals surface area contributed by atoms with Gasteiger partial charge in [-0.3, -0.25) is 0 Å². The number of methoxy groups -OCH3 is 1. The van der Waals surface area contributed by atoms with Crippen LogP contribution >= 0.6 is 0 Å². The molecule has 1 aliphatic carbocycles. The van der Waals surface area contributed by atoms with Crippen molar-refractivity contribution >= 4 is 12.1 Å². The smallest absolute Gasteiger partial charge is 0.407 e. The molecule has 6 nitrogen and oxygen atoms in total. The third-order valence-electron chi connectivity index (χ3n) is 5.15. The Bertz CT molecular complexity index is 831. The van der Waals surface area contributed by atoms with E-state index < -0.39 is 23.5 Å². The molecule has 28 heavy (non-hydrogen) atoms. The van der Waals surface area contributed by atoms with Crippen LogP contribution in [0.3, 0.4) is 0 Å². The summed E-state index contributed by atoms with van der Waals surface area (Å²) < 4.78 is 10.5. The fourth-order valence-electron chi connectivity index (χ4n) is 3.80. The molecule has 0 spiro atoms. The van der Waals surface area contributed by atoms with Crippen LogP contribution in [-0.4, -0.2) is 43.5 Å². The first-order valence-corrected chi connectivity index (χ1v) is 9.18. The molecule has 0 heterocycles. The van der Waals surface area contributed by atoms with Gasteiger partial charge in [-0.05, 0) is 22.3 Å². The van der Waals surface area contributed by atoms with Crippen LogP contribution in [0.25, 0.3) is 11.1 Å². The highest BCUT2D eigenvalue weighted by Crippen LogP contribution is 2.44. The Morgan fingerprint density at radius 3 is 2.11 bits per heavy atom. The molecule has 3 rings (SSSR count). The zero-order chi connectivity index (χ0) is 20.3. The van der Waals surface area contributed by atoms with Gasteiger partial charge in [0.05, 0.1) is 6.61 Å². The van der Waals surface area contributed by atoms with Gasteiger partial charge in [0, 0.05) is 18.4 Å². The maximum atomic E-state index is 12.4. The van der Waals surface area contributed by atoms with Crippen molar-refractivity contribution in [2.75, 3.05) is 20.3 Å². The summed E-state index contributed by atoms with van der Waals surface area (Å²) in [7, 11) is 1.49. The molecule has 0 unspecified atom stereocenters. The van der Waals surface area contributed by atoms with Crippen LogP contribution in [0.4, 0.5) is 4.79 Å². The van der Waals surface area contributed by atoms with Gasteiger partial charge in [0.1, 0.15) is 12.6 Å². The van der Waals surface area contributed by atoms with Gasteiger partial charge >= 0.3 is 12.1 Å². The molecule has 0 saturated heterocycles. The van der Waals surface area contributed by atoms with Crippen LogP contribution < -0.4 is 5.32 Å². The van der Waals surface area contributed by atoms with Crippen LogP contribution in [0.15, 0.2) is 48.5 Å². The van der Waals surface area contributed by atoms with E-state index in [4.69, 9.17) is 9.47 Å². The summed E-state index contributed by atoms with van der Waals surface area (Å²) in [5.41, 5.74) is 3.69. The summed E-state index contributed by atoms with van der Waals surface area (Å²) >= 11 is 0. The number of nitrogens with one attached hydrogen (secondary N) is 1. The predicted octanol–water partition coefficient (Wildman–Crippen LogP) is 3.65. The number of carbonyl (C=O) groups is 2. The van der Waals surface area contributed by atoms with E-state index in [-0.39, 0.29) is 19.1 Å². The number of carboxylic acid groups (broad SMARTS) is 1. The van der Waals surface area contributed by atoms with Gasteiger partial charge in [0.15, 0.2) is 0 Å². The van der Waals surface area contributed by atoms with Crippen molar-refractivity contribution in [3.05, 3.63) is 59.7 Å². The Hall–Kier alpha value is -2.86. The molecule has 148 valence electrons. The van der Waals surface area contributed by atoms with Crippen molar-refractivity contribution in [2.45, 2.75) is 25.8 Å². The van der Waals surface area contributed by atoms with Gasteiger partial charge < -0.3 is 19.9 Å². The van der Waals surface area contributed by atoms with Crippen LogP contribution in [-0.2, 0) is 14.3 Å². The summed E-state index contributed by atoms with van der Waals surface area (Å²) in [4.78, 5) is 24.0. The maximum Gasteiger partial charge on any atom is 0.407 e. The van der Waals surface area contributed by atoms with E-state index in [0.29, 0.717) is 0 Å². The topological polar surface area (TPSA) is 84.9 Å². The Kier molecular flexibility index (Phi) is 5.70. The van der Waals surface area contributed by atoms with Gasteiger partial charge in [-0.25, -0.2) is 9.59 Å². The molecule has 0 bridgehead atoms. The van der Waals surface area contributed by atoms with E-state index in [1.807, 2.05) is 36.4 Å². The second-order valence-electron chi connectivity index (χ2n) is 7.66. The van der Waals surface area contributed by atoms with E-state index in [2.05, 4.69) is 17.4 Å². The molecule has 0 aromatic heterocycles. The molecule has 1 aliphatic rings. The van der Waals surface area contributed by atoms with E-state index in [1.165, 1.54) is 7.11 Å². The van der Waals surface area contributed by atoms with E-state index in [1.54, 1.807) is 13.8 Å². The minimum Gasteiger partial charge on any atom is -0.480 e. The molecule has 1 amide bonds. The van der Waals surface area contributed by atoms with Crippen molar-refractivity contribution < 1.29 is 24.2 Å². The van der Waals surface area contributed by atoms with Gasteiger partial charge in [0.2, 0.25) is 0 Å². The van der Waals surface area contributed by atoms with Gasteiger partial charge in [-0.2, -0.15) is 0 Å². The van der Waals surface area contributed by atoms with E-state index in [9.17, 15) is 14.7 Å². The van der Waals surface area contributed by atoms with Crippen molar-refractivity contribution in [1.29, 1.82) is 0 Å². The number of carboxylic acids is 1. The van der Waals surface area contributed by atoms with Crippen LogP contribution in [0.2, 0.25) is 0 Å². The molecular weight excluding hydrogens is 358 g/mol. The monoisotopic (exact) mass is 383 g/mol. The average Bonchev–Trinajstić information content (AvgIpc) is 2.98. The highest BCUT2D eigenvalue weighted by Gasteiger charge is 2.37. The number of rotatable bonds is 7. The number of benzene rings is 2. The van der Waals surface area contributed by atoms with Crippen LogP contribution in [0.5, 0.6) is 0 Å². The predicted molar refractivity (Wildman–Crippen MR) is 105 cm³/mol. The largest absolute Gasteiger partial charge is 0.480 e. The molecule has 0 radical (unpaired) electrons. The molecular formula is C22H25NO5. The quantitative estimate of drug-likeness (QED) is 0.762. The molecule has 2 aromatic rings. The molecule has 0 saturated carbocycles. The van der Waals surface area contributed by atoms with Gasteiger partial charge in [-0.1, -0.05) is 62.4 Å². The first-order chi connectivity index (χ1) is 13.3. The number of carbonyl (C=O) groups excluding carboxylic acids is 1. The number of amides is 1. The van der Waals surface area contributed by atoms with Crippen molar-refractivity contribution in [2.24, 2.45) is 5.41 Å². The Balaban J connectivity index is 1.72. The summed E-state index contributed by atoms with van der Waals surface area (Å²) in [6.45, 7) is 3.77. The fourth-order valence-corrected chi connectivity index (χ4v) is 3.80. The molecule has 2 N–H and O–H groups in total. The maximum absolute atomic E-state index is 12.4. The normalized spacial score (nSPS) is 14.1. The molecule has 0 aliphatic heterocycles. The number of alkyl carbamates (subject to hydrolysis) is 1. The Labute approximate surface area is 164 Å². The summed E-state index contributed by atoms with van der Waals surface area (Å²) in [6.07, 6.45) is -0.751. The van der Waals surface area contributed by atoms with Crippen molar-refractivity contribution in [3.8, 4) is 11.1 Å². The number of fused-ring (bicyclic) bond motifs is 3. The van der Waals surface area contributed by atoms with Crippen LogP contribution in [0, 0.1) is 5.41 Å².